The molecule has 0 radical (unpaired) electrons. The third-order valence-corrected chi connectivity index (χ3v) is 4.91. The lowest BCUT2D eigenvalue weighted by molar-refractivity contribution is -0.140. The van der Waals surface area contributed by atoms with Crippen LogP contribution in [0.15, 0.2) is 47.6 Å². The van der Waals surface area contributed by atoms with Crippen LogP contribution in [0.3, 0.4) is 0 Å². The number of aromatic nitrogens is 3. The number of rotatable bonds is 2. The zero-order valence-electron chi connectivity index (χ0n) is 11.1. The number of benzene rings is 1. The average molecular weight is 362 g/mol. The molecular weight excluding hydrogens is 355 g/mol. The maximum absolute atomic E-state index is 13.1. The first-order valence-corrected chi connectivity index (χ1v) is 7.94. The molecule has 0 aliphatic heterocycles. The van der Waals surface area contributed by atoms with Crippen molar-refractivity contribution in [1.29, 1.82) is 0 Å². The minimum atomic E-state index is -4.80. The molecule has 0 saturated carbocycles. The molecule has 0 atom stereocenters. The van der Waals surface area contributed by atoms with Crippen LogP contribution in [0.25, 0.3) is 10.9 Å². The minimum Gasteiger partial charge on any atom is -0.264 e. The van der Waals surface area contributed by atoms with E-state index in [0.29, 0.717) is 9.11 Å². The van der Waals surface area contributed by atoms with Crippen LogP contribution in [0.5, 0.6) is 0 Å². The number of fused-ring (bicyclic) bond motifs is 1. The fourth-order valence-corrected chi connectivity index (χ4v) is 3.45. The summed E-state index contributed by atoms with van der Waals surface area (Å²) in [7, 11) is -4.30. The highest BCUT2D eigenvalue weighted by molar-refractivity contribution is 7.90. The highest BCUT2D eigenvalue weighted by Crippen LogP contribution is 2.34. The Bertz CT molecular complexity index is 982. The van der Waals surface area contributed by atoms with E-state index < -0.39 is 27.3 Å². The summed E-state index contributed by atoms with van der Waals surface area (Å²) >= 11 is 5.69. The van der Waals surface area contributed by atoms with E-state index >= 15 is 0 Å². The van der Waals surface area contributed by atoms with Gasteiger partial charge in [-0.05, 0) is 30.3 Å². The Morgan fingerprint density at radius 2 is 1.74 bits per heavy atom. The second kappa shape index (κ2) is 5.20. The molecule has 0 aliphatic carbocycles. The van der Waals surface area contributed by atoms with Gasteiger partial charge >= 0.3 is 6.18 Å². The Hall–Kier alpha value is -2.13. The van der Waals surface area contributed by atoms with Crippen molar-refractivity contribution in [2.24, 2.45) is 0 Å². The van der Waals surface area contributed by atoms with Crippen LogP contribution in [0.4, 0.5) is 13.2 Å². The van der Waals surface area contributed by atoms with E-state index in [2.05, 4.69) is 10.1 Å². The molecule has 0 N–H and O–H groups in total. The SMILES string of the molecule is O=S(=O)(c1ccc(Cl)cc1)n1nc(C(F)(F)F)c2cnccc21. The molecule has 2 heterocycles. The van der Waals surface area contributed by atoms with Crippen molar-refractivity contribution >= 4 is 32.5 Å². The molecule has 0 amide bonds. The molecule has 3 rings (SSSR count). The van der Waals surface area contributed by atoms with Gasteiger partial charge in [0.1, 0.15) is 0 Å². The van der Waals surface area contributed by atoms with Crippen molar-refractivity contribution in [3.8, 4) is 0 Å². The van der Waals surface area contributed by atoms with E-state index in [-0.39, 0.29) is 10.4 Å². The van der Waals surface area contributed by atoms with E-state index in [1.165, 1.54) is 30.5 Å². The molecule has 0 saturated heterocycles. The normalized spacial score (nSPS) is 12.7. The molecule has 10 heteroatoms. The fraction of sp³-hybridized carbons (Fsp3) is 0.0769. The van der Waals surface area contributed by atoms with Crippen LogP contribution in [0.2, 0.25) is 5.02 Å². The number of nitrogens with zero attached hydrogens (tertiary/aromatic N) is 3. The van der Waals surface area contributed by atoms with Crippen LogP contribution in [0, 0.1) is 0 Å². The summed E-state index contributed by atoms with van der Waals surface area (Å²) in [5, 5.41) is 3.17. The van der Waals surface area contributed by atoms with Gasteiger partial charge in [-0.15, -0.1) is 0 Å². The average Bonchev–Trinajstić information content (AvgIpc) is 2.88. The van der Waals surface area contributed by atoms with E-state index in [1.54, 1.807) is 0 Å². The number of pyridine rings is 1. The predicted molar refractivity (Wildman–Crippen MR) is 76.6 cm³/mol. The molecule has 0 fully saturated rings. The van der Waals surface area contributed by atoms with E-state index in [9.17, 15) is 21.6 Å². The Morgan fingerprint density at radius 1 is 1.09 bits per heavy atom. The first-order chi connectivity index (χ1) is 10.7. The second-order valence-electron chi connectivity index (χ2n) is 4.54. The minimum absolute atomic E-state index is 0.206. The smallest absolute Gasteiger partial charge is 0.264 e. The van der Waals surface area contributed by atoms with Gasteiger partial charge in [0.25, 0.3) is 10.0 Å². The van der Waals surface area contributed by atoms with Crippen molar-refractivity contribution < 1.29 is 21.6 Å². The monoisotopic (exact) mass is 361 g/mol. The molecule has 23 heavy (non-hydrogen) atoms. The van der Waals surface area contributed by atoms with Gasteiger partial charge in [-0.25, -0.2) is 0 Å². The van der Waals surface area contributed by atoms with Crippen LogP contribution in [-0.4, -0.2) is 22.6 Å². The number of alkyl halides is 3. The molecule has 2 aromatic heterocycles. The summed E-state index contributed by atoms with van der Waals surface area (Å²) in [6, 6.07) is 6.20. The molecular formula is C13H7ClF3N3O2S. The first kappa shape index (κ1) is 15.8. The molecule has 1 aromatic carbocycles. The fourth-order valence-electron chi connectivity index (χ4n) is 2.03. The van der Waals surface area contributed by atoms with Crippen molar-refractivity contribution in [2.45, 2.75) is 11.1 Å². The van der Waals surface area contributed by atoms with Gasteiger partial charge in [0.2, 0.25) is 0 Å². The lowest BCUT2D eigenvalue weighted by atomic mass is 10.2. The summed E-state index contributed by atoms with van der Waals surface area (Å²) in [6.07, 6.45) is -2.68. The Morgan fingerprint density at radius 3 is 2.35 bits per heavy atom. The number of hydrogen-bond acceptors (Lipinski definition) is 4. The summed E-state index contributed by atoms with van der Waals surface area (Å²) in [5.41, 5.74) is -1.51. The Labute approximate surface area is 133 Å². The summed E-state index contributed by atoms with van der Waals surface area (Å²) in [5.74, 6) is 0. The lowest BCUT2D eigenvalue weighted by Gasteiger charge is -2.06. The van der Waals surface area contributed by atoms with Gasteiger partial charge in [-0.1, -0.05) is 11.6 Å². The standard InChI is InChI=1S/C13H7ClF3N3O2S/c14-8-1-3-9(4-2-8)23(21,22)20-11-5-6-18-7-10(11)12(19-20)13(15,16)17/h1-7H. The van der Waals surface area contributed by atoms with Crippen molar-refractivity contribution in [3.63, 3.8) is 0 Å². The van der Waals surface area contributed by atoms with Crippen LogP contribution < -0.4 is 0 Å². The highest BCUT2D eigenvalue weighted by Gasteiger charge is 2.38. The molecule has 0 bridgehead atoms. The Balaban J connectivity index is 2.30. The van der Waals surface area contributed by atoms with Crippen LogP contribution in [0.1, 0.15) is 5.69 Å². The third kappa shape index (κ3) is 2.66. The molecule has 0 unspecified atom stereocenters. The van der Waals surface area contributed by atoms with E-state index in [0.717, 1.165) is 12.3 Å². The zero-order chi connectivity index (χ0) is 16.8. The van der Waals surface area contributed by atoms with Gasteiger partial charge in [0.05, 0.1) is 15.8 Å². The topological polar surface area (TPSA) is 64.8 Å². The Kier molecular flexibility index (Phi) is 3.56. The van der Waals surface area contributed by atoms with Crippen LogP contribution in [-0.2, 0) is 16.2 Å². The molecule has 5 nitrogen and oxygen atoms in total. The summed E-state index contributed by atoms with van der Waals surface area (Å²) in [4.78, 5) is 3.38. The molecule has 0 aliphatic rings. The number of hydrogen-bond donors (Lipinski definition) is 0. The van der Waals surface area contributed by atoms with Crippen molar-refractivity contribution in [2.75, 3.05) is 0 Å². The quantitative estimate of drug-likeness (QED) is 0.702. The van der Waals surface area contributed by atoms with Gasteiger partial charge in [0, 0.05) is 17.4 Å². The largest absolute Gasteiger partial charge is 0.435 e. The van der Waals surface area contributed by atoms with Crippen molar-refractivity contribution in [3.05, 3.63) is 53.4 Å². The first-order valence-electron chi connectivity index (χ1n) is 6.12. The molecule has 3 aromatic rings. The lowest BCUT2D eigenvalue weighted by Crippen LogP contribution is -2.16. The van der Waals surface area contributed by atoms with Gasteiger partial charge < -0.3 is 0 Å². The van der Waals surface area contributed by atoms with E-state index in [4.69, 9.17) is 11.6 Å². The van der Waals surface area contributed by atoms with Gasteiger partial charge in [-0.3, -0.25) is 4.98 Å². The summed E-state index contributed by atoms with van der Waals surface area (Å²) < 4.78 is 64.7. The van der Waals surface area contributed by atoms with E-state index in [1.807, 2.05) is 0 Å². The number of halogens is 4. The maximum atomic E-state index is 13.1. The van der Waals surface area contributed by atoms with Gasteiger partial charge in [0.15, 0.2) is 5.69 Å². The highest BCUT2D eigenvalue weighted by atomic mass is 35.5. The maximum Gasteiger partial charge on any atom is 0.435 e. The zero-order valence-corrected chi connectivity index (χ0v) is 12.7. The summed E-state index contributed by atoms with van der Waals surface area (Å²) in [6.45, 7) is 0. The molecule has 0 spiro atoms. The van der Waals surface area contributed by atoms with Gasteiger partial charge in [-0.2, -0.15) is 30.8 Å². The predicted octanol–water partition coefficient (Wildman–Crippen LogP) is 3.34. The second-order valence-corrected chi connectivity index (χ2v) is 6.74. The van der Waals surface area contributed by atoms with Crippen LogP contribution >= 0.6 is 11.6 Å². The van der Waals surface area contributed by atoms with Crippen molar-refractivity contribution in [1.82, 2.24) is 14.2 Å². The molecule has 120 valence electrons. The third-order valence-electron chi connectivity index (χ3n) is 3.06.